The fourth-order valence-electron chi connectivity index (χ4n) is 1.92. The Morgan fingerprint density at radius 2 is 1.88 bits per heavy atom. The predicted octanol–water partition coefficient (Wildman–Crippen LogP) is 4.23. The molecule has 2 aromatic carbocycles. The fourth-order valence-corrected chi connectivity index (χ4v) is 1.92. The summed E-state index contributed by atoms with van der Waals surface area (Å²) in [5.41, 5.74) is 0.294. The quantitative estimate of drug-likeness (QED) is 0.623. The number of amides is 1. The molecule has 2 rings (SSSR count). The smallest absolute Gasteiger partial charge is 0.387 e. The van der Waals surface area contributed by atoms with Crippen molar-refractivity contribution in [2.45, 2.75) is 6.61 Å². The minimum absolute atomic E-state index is 0.0624. The lowest BCUT2D eigenvalue weighted by Crippen LogP contribution is -2.09. The van der Waals surface area contributed by atoms with Gasteiger partial charge in [0.15, 0.2) is 11.5 Å². The summed E-state index contributed by atoms with van der Waals surface area (Å²) in [6.45, 7) is -2.99. The van der Waals surface area contributed by atoms with Gasteiger partial charge in [-0.3, -0.25) is 4.79 Å². The SMILES string of the molecule is COc1cc(/C=C/C(=O)Nc2ccc(F)cc2F)ccc1OC(F)F. The molecule has 0 saturated heterocycles. The summed E-state index contributed by atoms with van der Waals surface area (Å²) in [5.74, 6) is -2.40. The van der Waals surface area contributed by atoms with Crippen LogP contribution in [0.2, 0.25) is 0 Å². The number of alkyl halides is 2. The van der Waals surface area contributed by atoms with Crippen LogP contribution in [0.4, 0.5) is 23.2 Å². The molecule has 132 valence electrons. The highest BCUT2D eigenvalue weighted by atomic mass is 19.3. The first-order valence-corrected chi connectivity index (χ1v) is 6.96. The van der Waals surface area contributed by atoms with Gasteiger partial charge in [-0.15, -0.1) is 0 Å². The highest BCUT2D eigenvalue weighted by molar-refractivity contribution is 6.02. The van der Waals surface area contributed by atoms with E-state index in [1.54, 1.807) is 0 Å². The van der Waals surface area contributed by atoms with E-state index in [1.165, 1.54) is 31.4 Å². The number of halogens is 4. The van der Waals surface area contributed by atoms with E-state index in [0.29, 0.717) is 11.6 Å². The molecular weight excluding hydrogens is 342 g/mol. The van der Waals surface area contributed by atoms with Crippen LogP contribution in [0.5, 0.6) is 11.5 Å². The number of carbonyl (C=O) groups excluding carboxylic acids is 1. The summed E-state index contributed by atoms with van der Waals surface area (Å²) in [7, 11) is 1.28. The molecule has 0 aliphatic carbocycles. The van der Waals surface area contributed by atoms with Gasteiger partial charge in [0.05, 0.1) is 12.8 Å². The maximum Gasteiger partial charge on any atom is 0.387 e. The average molecular weight is 355 g/mol. The number of hydrogen-bond donors (Lipinski definition) is 1. The molecule has 0 unspecified atom stereocenters. The van der Waals surface area contributed by atoms with E-state index in [4.69, 9.17) is 4.74 Å². The molecule has 0 aliphatic heterocycles. The first-order chi connectivity index (χ1) is 11.9. The third-order valence-electron chi connectivity index (χ3n) is 3.02. The van der Waals surface area contributed by atoms with Crippen LogP contribution in [-0.4, -0.2) is 19.6 Å². The first kappa shape index (κ1) is 18.3. The highest BCUT2D eigenvalue weighted by Gasteiger charge is 2.10. The Hall–Kier alpha value is -3.03. The number of anilines is 1. The molecule has 25 heavy (non-hydrogen) atoms. The Morgan fingerprint density at radius 1 is 1.12 bits per heavy atom. The Bertz CT molecular complexity index is 793. The minimum Gasteiger partial charge on any atom is -0.493 e. The van der Waals surface area contributed by atoms with E-state index in [-0.39, 0.29) is 17.2 Å². The van der Waals surface area contributed by atoms with E-state index in [0.717, 1.165) is 18.2 Å². The molecule has 0 saturated carbocycles. The Kier molecular flexibility index (Phi) is 5.99. The first-order valence-electron chi connectivity index (χ1n) is 6.96. The van der Waals surface area contributed by atoms with Crippen LogP contribution in [-0.2, 0) is 4.79 Å². The number of rotatable bonds is 6. The standard InChI is InChI=1S/C17H13F4NO3/c1-24-15-8-10(2-6-14(15)25-17(20)21)3-7-16(23)22-13-5-4-11(18)9-12(13)19/h2-9,17H,1H3,(H,22,23)/b7-3+. The second kappa shape index (κ2) is 8.18. The average Bonchev–Trinajstić information content (AvgIpc) is 2.56. The second-order valence-electron chi connectivity index (χ2n) is 4.74. The largest absolute Gasteiger partial charge is 0.493 e. The zero-order valence-electron chi connectivity index (χ0n) is 12.9. The van der Waals surface area contributed by atoms with Gasteiger partial charge in [-0.25, -0.2) is 8.78 Å². The van der Waals surface area contributed by atoms with Crippen LogP contribution < -0.4 is 14.8 Å². The van der Waals surface area contributed by atoms with Crippen molar-refractivity contribution in [3.63, 3.8) is 0 Å². The summed E-state index contributed by atoms with van der Waals surface area (Å²) >= 11 is 0. The fraction of sp³-hybridized carbons (Fsp3) is 0.118. The zero-order valence-corrected chi connectivity index (χ0v) is 12.9. The van der Waals surface area contributed by atoms with Crippen molar-refractivity contribution in [1.29, 1.82) is 0 Å². The van der Waals surface area contributed by atoms with Crippen molar-refractivity contribution in [2.75, 3.05) is 12.4 Å². The third kappa shape index (κ3) is 5.23. The molecule has 0 bridgehead atoms. The van der Waals surface area contributed by atoms with Crippen molar-refractivity contribution in [1.82, 2.24) is 0 Å². The molecule has 0 radical (unpaired) electrons. The second-order valence-corrected chi connectivity index (χ2v) is 4.74. The molecule has 0 spiro atoms. The molecule has 0 atom stereocenters. The van der Waals surface area contributed by atoms with Crippen LogP contribution in [0.25, 0.3) is 6.08 Å². The minimum atomic E-state index is -2.99. The van der Waals surface area contributed by atoms with Crippen LogP contribution in [0.1, 0.15) is 5.56 Å². The summed E-state index contributed by atoms with van der Waals surface area (Å²) in [6.07, 6.45) is 2.47. The van der Waals surface area contributed by atoms with Crippen molar-refractivity contribution in [2.24, 2.45) is 0 Å². The van der Waals surface area contributed by atoms with Gasteiger partial charge in [0, 0.05) is 12.1 Å². The monoisotopic (exact) mass is 355 g/mol. The van der Waals surface area contributed by atoms with E-state index in [2.05, 4.69) is 10.1 Å². The molecule has 8 heteroatoms. The van der Waals surface area contributed by atoms with Gasteiger partial charge in [0.1, 0.15) is 11.6 Å². The highest BCUT2D eigenvalue weighted by Crippen LogP contribution is 2.29. The molecular formula is C17H13F4NO3. The van der Waals surface area contributed by atoms with Gasteiger partial charge in [-0.2, -0.15) is 8.78 Å². The number of hydrogen-bond acceptors (Lipinski definition) is 3. The summed E-state index contributed by atoms with van der Waals surface area (Å²) < 4.78 is 60.0. The van der Waals surface area contributed by atoms with E-state index in [1.807, 2.05) is 0 Å². The Labute approximate surface area is 140 Å². The molecule has 0 aliphatic rings. The maximum atomic E-state index is 13.5. The lowest BCUT2D eigenvalue weighted by Gasteiger charge is -2.10. The summed E-state index contributed by atoms with van der Waals surface area (Å²) in [6, 6.07) is 6.83. The van der Waals surface area contributed by atoms with Gasteiger partial charge in [0.25, 0.3) is 0 Å². The summed E-state index contributed by atoms with van der Waals surface area (Å²) in [4.78, 5) is 11.8. The predicted molar refractivity (Wildman–Crippen MR) is 83.6 cm³/mol. The van der Waals surface area contributed by atoms with Gasteiger partial charge < -0.3 is 14.8 Å². The van der Waals surface area contributed by atoms with Crippen molar-refractivity contribution >= 4 is 17.7 Å². The van der Waals surface area contributed by atoms with E-state index >= 15 is 0 Å². The maximum absolute atomic E-state index is 13.5. The van der Waals surface area contributed by atoms with E-state index in [9.17, 15) is 22.4 Å². The van der Waals surface area contributed by atoms with E-state index < -0.39 is 24.2 Å². The molecule has 0 heterocycles. The normalized spacial score (nSPS) is 11.0. The molecule has 0 aromatic heterocycles. The Balaban J connectivity index is 2.08. The van der Waals surface area contributed by atoms with Crippen LogP contribution in [0.15, 0.2) is 42.5 Å². The summed E-state index contributed by atoms with van der Waals surface area (Å²) in [5, 5.41) is 2.25. The Morgan fingerprint density at radius 3 is 2.52 bits per heavy atom. The van der Waals surface area contributed by atoms with Gasteiger partial charge in [-0.1, -0.05) is 6.07 Å². The zero-order chi connectivity index (χ0) is 18.4. The number of ether oxygens (including phenoxy) is 2. The molecule has 1 N–H and O–H groups in total. The molecule has 0 fully saturated rings. The topological polar surface area (TPSA) is 47.6 Å². The lowest BCUT2D eigenvalue weighted by molar-refractivity contribution is -0.111. The van der Waals surface area contributed by atoms with Crippen molar-refractivity contribution in [3.05, 3.63) is 59.7 Å². The molecule has 1 amide bonds. The van der Waals surface area contributed by atoms with Gasteiger partial charge in [0.2, 0.25) is 5.91 Å². The number of methoxy groups -OCH3 is 1. The molecule has 4 nitrogen and oxygen atoms in total. The van der Waals surface area contributed by atoms with Crippen LogP contribution in [0, 0.1) is 11.6 Å². The lowest BCUT2D eigenvalue weighted by atomic mass is 10.2. The number of carbonyl (C=O) groups is 1. The van der Waals surface area contributed by atoms with Crippen LogP contribution >= 0.6 is 0 Å². The number of nitrogens with one attached hydrogen (secondary N) is 1. The van der Waals surface area contributed by atoms with Gasteiger partial charge >= 0.3 is 6.61 Å². The third-order valence-corrected chi connectivity index (χ3v) is 3.02. The molecule has 2 aromatic rings. The van der Waals surface area contributed by atoms with Crippen molar-refractivity contribution < 1.29 is 31.8 Å². The van der Waals surface area contributed by atoms with Crippen molar-refractivity contribution in [3.8, 4) is 11.5 Å². The van der Waals surface area contributed by atoms with Crippen LogP contribution in [0.3, 0.4) is 0 Å². The van der Waals surface area contributed by atoms with Gasteiger partial charge in [-0.05, 0) is 35.9 Å². The number of benzene rings is 2.